The molecule has 0 spiro atoms. The lowest BCUT2D eigenvalue weighted by Crippen LogP contribution is -2.42. The molecule has 11 heteroatoms. The Kier molecular flexibility index (Phi) is 8.37. The number of anilines is 1. The van der Waals surface area contributed by atoms with Gasteiger partial charge in [-0.05, 0) is 59.7 Å². The number of halogens is 2. The van der Waals surface area contributed by atoms with Gasteiger partial charge in [0.05, 0.1) is 25.4 Å². The largest absolute Gasteiger partial charge is 0.497 e. The number of fused-ring (bicyclic) bond motifs is 1. The van der Waals surface area contributed by atoms with Crippen molar-refractivity contribution in [1.29, 1.82) is 0 Å². The number of benzene rings is 4. The predicted octanol–water partition coefficient (Wildman–Crippen LogP) is 5.14. The van der Waals surface area contributed by atoms with Gasteiger partial charge >= 0.3 is 0 Å². The van der Waals surface area contributed by atoms with Crippen LogP contribution in [0, 0.1) is 11.6 Å². The SMILES string of the molecule is COc1ccc(NC(=O)C(c2cccc(F)c2)N(Cc2ccc(F)cc2)C(=O)Cn2nnc3ccccc32)c(OC)c1. The van der Waals surface area contributed by atoms with E-state index < -0.39 is 29.5 Å². The Balaban J connectivity index is 1.57. The lowest BCUT2D eigenvalue weighted by atomic mass is 10.0. The summed E-state index contributed by atoms with van der Waals surface area (Å²) >= 11 is 0. The highest BCUT2D eigenvalue weighted by Crippen LogP contribution is 2.32. The summed E-state index contributed by atoms with van der Waals surface area (Å²) < 4.78 is 40.3. The smallest absolute Gasteiger partial charge is 0.251 e. The molecule has 0 aliphatic rings. The maximum atomic E-state index is 14.5. The summed E-state index contributed by atoms with van der Waals surface area (Å²) in [7, 11) is 2.95. The van der Waals surface area contributed by atoms with Gasteiger partial charge in [0.1, 0.15) is 41.2 Å². The molecular formula is C31H27F2N5O4. The van der Waals surface area contributed by atoms with Crippen LogP contribution in [0.15, 0.2) is 91.0 Å². The van der Waals surface area contributed by atoms with Gasteiger partial charge < -0.3 is 19.7 Å². The first-order chi connectivity index (χ1) is 20.4. The molecule has 1 heterocycles. The van der Waals surface area contributed by atoms with E-state index in [1.807, 2.05) is 6.07 Å². The number of amides is 2. The van der Waals surface area contributed by atoms with Crippen molar-refractivity contribution in [3.8, 4) is 11.5 Å². The van der Waals surface area contributed by atoms with E-state index in [0.29, 0.717) is 33.8 Å². The second kappa shape index (κ2) is 12.5. The first-order valence-corrected chi connectivity index (χ1v) is 13.0. The summed E-state index contributed by atoms with van der Waals surface area (Å²) in [5, 5.41) is 11.0. The summed E-state index contributed by atoms with van der Waals surface area (Å²) in [4.78, 5) is 29.4. The third-order valence-corrected chi connectivity index (χ3v) is 6.68. The highest BCUT2D eigenvalue weighted by molar-refractivity contribution is 5.99. The number of nitrogens with zero attached hydrogens (tertiary/aromatic N) is 4. The van der Waals surface area contributed by atoms with Crippen LogP contribution >= 0.6 is 0 Å². The lowest BCUT2D eigenvalue weighted by Gasteiger charge is -2.32. The highest BCUT2D eigenvalue weighted by Gasteiger charge is 2.33. The first-order valence-electron chi connectivity index (χ1n) is 13.0. The number of carbonyl (C=O) groups is 2. The quantitative estimate of drug-likeness (QED) is 0.250. The van der Waals surface area contributed by atoms with Crippen LogP contribution in [0.5, 0.6) is 11.5 Å². The van der Waals surface area contributed by atoms with Crippen LogP contribution in [0.25, 0.3) is 11.0 Å². The maximum absolute atomic E-state index is 14.5. The number of aromatic nitrogens is 3. The fourth-order valence-corrected chi connectivity index (χ4v) is 4.62. The van der Waals surface area contributed by atoms with Crippen molar-refractivity contribution in [3.05, 3.63) is 114 Å². The van der Waals surface area contributed by atoms with E-state index in [0.717, 1.165) is 0 Å². The van der Waals surface area contributed by atoms with Crippen LogP contribution in [0.1, 0.15) is 17.2 Å². The molecule has 1 N–H and O–H groups in total. The van der Waals surface area contributed by atoms with Crippen molar-refractivity contribution in [2.45, 2.75) is 19.1 Å². The Morgan fingerprint density at radius 2 is 1.69 bits per heavy atom. The summed E-state index contributed by atoms with van der Waals surface area (Å²) in [6.45, 7) is -0.341. The third kappa shape index (κ3) is 6.20. The van der Waals surface area contributed by atoms with E-state index in [4.69, 9.17) is 9.47 Å². The zero-order valence-corrected chi connectivity index (χ0v) is 22.8. The van der Waals surface area contributed by atoms with E-state index in [-0.39, 0.29) is 18.7 Å². The molecule has 0 saturated heterocycles. The van der Waals surface area contributed by atoms with Crippen LogP contribution in [0.2, 0.25) is 0 Å². The summed E-state index contributed by atoms with van der Waals surface area (Å²) in [5.41, 5.74) is 2.34. The molecule has 42 heavy (non-hydrogen) atoms. The number of rotatable bonds is 10. The molecule has 1 unspecified atom stereocenters. The minimum atomic E-state index is -1.29. The molecule has 2 amide bonds. The average Bonchev–Trinajstić information content (AvgIpc) is 3.40. The molecule has 0 bridgehead atoms. The topological polar surface area (TPSA) is 98.6 Å². The lowest BCUT2D eigenvalue weighted by molar-refractivity contribution is -0.140. The van der Waals surface area contributed by atoms with E-state index in [2.05, 4.69) is 15.6 Å². The Hall–Kier alpha value is -5.32. The third-order valence-electron chi connectivity index (χ3n) is 6.68. The number of hydrogen-bond acceptors (Lipinski definition) is 6. The fourth-order valence-electron chi connectivity index (χ4n) is 4.62. The Morgan fingerprint density at radius 1 is 0.905 bits per heavy atom. The molecular weight excluding hydrogens is 544 g/mol. The number of ether oxygens (including phenoxy) is 2. The van der Waals surface area contributed by atoms with Gasteiger partial charge in [-0.15, -0.1) is 5.10 Å². The minimum Gasteiger partial charge on any atom is -0.497 e. The first kappa shape index (κ1) is 28.2. The average molecular weight is 572 g/mol. The van der Waals surface area contributed by atoms with Crippen molar-refractivity contribution in [3.63, 3.8) is 0 Å². The summed E-state index contributed by atoms with van der Waals surface area (Å²) in [5.74, 6) is -1.31. The number of nitrogens with one attached hydrogen (secondary N) is 1. The molecule has 0 aliphatic carbocycles. The van der Waals surface area contributed by atoms with Gasteiger partial charge in [0.25, 0.3) is 5.91 Å². The number of carbonyl (C=O) groups excluding carboxylic acids is 2. The zero-order chi connectivity index (χ0) is 29.6. The Bertz CT molecular complexity index is 1720. The van der Waals surface area contributed by atoms with Crippen molar-refractivity contribution in [1.82, 2.24) is 19.9 Å². The van der Waals surface area contributed by atoms with Crippen LogP contribution in [0.4, 0.5) is 14.5 Å². The summed E-state index contributed by atoms with van der Waals surface area (Å²) in [6, 6.07) is 21.8. The fraction of sp³-hybridized carbons (Fsp3) is 0.161. The van der Waals surface area contributed by atoms with Gasteiger partial charge in [-0.2, -0.15) is 0 Å². The second-order valence-electron chi connectivity index (χ2n) is 9.40. The molecule has 0 aliphatic heterocycles. The normalized spacial score (nSPS) is 11.6. The van der Waals surface area contributed by atoms with Gasteiger partial charge in [0.15, 0.2) is 0 Å². The van der Waals surface area contributed by atoms with Crippen molar-refractivity contribution in [2.75, 3.05) is 19.5 Å². The molecule has 9 nitrogen and oxygen atoms in total. The number of para-hydroxylation sites is 1. The summed E-state index contributed by atoms with van der Waals surface area (Å²) in [6.07, 6.45) is 0. The van der Waals surface area contributed by atoms with E-state index >= 15 is 0 Å². The van der Waals surface area contributed by atoms with Gasteiger partial charge in [-0.3, -0.25) is 9.59 Å². The van der Waals surface area contributed by atoms with Crippen molar-refractivity contribution in [2.24, 2.45) is 0 Å². The molecule has 1 aromatic heterocycles. The van der Waals surface area contributed by atoms with E-state index in [1.165, 1.54) is 66.3 Å². The molecule has 5 rings (SSSR count). The standard InChI is InChI=1S/C31H27F2N5O4/c1-41-24-14-15-26(28(17-24)42-2)34-31(40)30(21-6-5-7-23(33)16-21)37(18-20-10-12-22(32)13-11-20)29(39)19-38-27-9-4-3-8-25(27)35-36-38/h3-17,30H,18-19H2,1-2H3,(H,34,40). The monoisotopic (exact) mass is 571 g/mol. The predicted molar refractivity (Wildman–Crippen MR) is 152 cm³/mol. The molecule has 1 atom stereocenters. The Labute approximate surface area is 240 Å². The zero-order valence-electron chi connectivity index (χ0n) is 22.8. The van der Waals surface area contributed by atoms with Crippen LogP contribution < -0.4 is 14.8 Å². The van der Waals surface area contributed by atoms with E-state index in [9.17, 15) is 18.4 Å². The van der Waals surface area contributed by atoms with Crippen LogP contribution in [-0.2, 0) is 22.7 Å². The van der Waals surface area contributed by atoms with Crippen molar-refractivity contribution >= 4 is 28.5 Å². The van der Waals surface area contributed by atoms with Gasteiger partial charge in [-0.25, -0.2) is 13.5 Å². The molecule has 214 valence electrons. The van der Waals surface area contributed by atoms with Gasteiger partial charge in [-0.1, -0.05) is 41.6 Å². The number of methoxy groups -OCH3 is 2. The molecule has 0 radical (unpaired) electrons. The molecule has 0 fully saturated rings. The van der Waals surface area contributed by atoms with Gasteiger partial charge in [0, 0.05) is 12.6 Å². The second-order valence-corrected chi connectivity index (χ2v) is 9.40. The molecule has 0 saturated carbocycles. The van der Waals surface area contributed by atoms with Crippen molar-refractivity contribution < 1.29 is 27.8 Å². The van der Waals surface area contributed by atoms with Crippen LogP contribution in [0.3, 0.4) is 0 Å². The minimum absolute atomic E-state index is 0.0832. The Morgan fingerprint density at radius 3 is 2.43 bits per heavy atom. The van der Waals surface area contributed by atoms with E-state index in [1.54, 1.807) is 42.5 Å². The molecule has 4 aromatic carbocycles. The van der Waals surface area contributed by atoms with Crippen LogP contribution in [-0.4, -0.2) is 45.9 Å². The van der Waals surface area contributed by atoms with Gasteiger partial charge in [0.2, 0.25) is 5.91 Å². The maximum Gasteiger partial charge on any atom is 0.251 e. The molecule has 5 aromatic rings. The highest BCUT2D eigenvalue weighted by atomic mass is 19.1. The number of hydrogen-bond donors (Lipinski definition) is 1.